The van der Waals surface area contributed by atoms with Gasteiger partial charge in [0.1, 0.15) is 11.4 Å². The Hall–Kier alpha value is -4.09. The van der Waals surface area contributed by atoms with Crippen LogP contribution < -0.4 is 18.9 Å². The maximum atomic E-state index is 5.37. The number of ether oxygens (including phenoxy) is 4. The lowest BCUT2D eigenvalue weighted by molar-refractivity contribution is 0.173. The molecular weight excluding hydrogens is 354 g/mol. The Kier molecular flexibility index (Phi) is 3.97. The number of aromatic nitrogens is 1. The predicted molar refractivity (Wildman–Crippen MR) is 101 cm³/mol. The van der Waals surface area contributed by atoms with Gasteiger partial charge in [-0.3, -0.25) is 0 Å². The first kappa shape index (κ1) is 16.1. The smallest absolute Gasteiger partial charge is 0.231 e. The molecule has 0 radical (unpaired) electrons. The van der Waals surface area contributed by atoms with E-state index in [-0.39, 0.29) is 13.6 Å². The molecule has 0 unspecified atom stereocenters. The molecule has 2 aromatic carbocycles. The molecule has 0 N–H and O–H groups in total. The van der Waals surface area contributed by atoms with Crippen LogP contribution in [0.1, 0.15) is 22.5 Å². The first-order valence-electron chi connectivity index (χ1n) is 8.64. The van der Waals surface area contributed by atoms with Crippen LogP contribution in [0.25, 0.3) is 0 Å². The molecule has 0 amide bonds. The Bertz CT molecular complexity index is 1100. The lowest BCUT2D eigenvalue weighted by atomic mass is 10.2. The topological polar surface area (TPSA) is 49.8 Å². The molecule has 3 aromatic rings. The second-order valence-electron chi connectivity index (χ2n) is 6.04. The molecule has 2 aliphatic rings. The molecule has 0 atom stereocenters. The van der Waals surface area contributed by atoms with E-state index in [0.717, 1.165) is 22.6 Å². The van der Waals surface area contributed by atoms with E-state index in [1.807, 2.05) is 54.6 Å². The van der Waals surface area contributed by atoms with Crippen molar-refractivity contribution in [2.75, 3.05) is 13.6 Å². The van der Waals surface area contributed by atoms with Gasteiger partial charge in [-0.2, -0.15) is 0 Å². The molecule has 1 aromatic heterocycles. The third-order valence-corrected chi connectivity index (χ3v) is 4.16. The standard InChI is InChI=1S/C23H13NO4/c1-2-18(8-4-16-6-10-20-22(12-16)27-14-25-20)24-19(3-1)9-5-17-7-11-21-23(13-17)28-15-26-21/h1-3,6-7,10-13H,14-15H2. The fourth-order valence-electron chi connectivity index (χ4n) is 2.79. The van der Waals surface area contributed by atoms with Gasteiger partial charge in [-0.15, -0.1) is 0 Å². The van der Waals surface area contributed by atoms with Crippen LogP contribution in [0, 0.1) is 23.7 Å². The van der Waals surface area contributed by atoms with Gasteiger partial charge in [0, 0.05) is 11.1 Å². The van der Waals surface area contributed by atoms with Crippen molar-refractivity contribution in [3.63, 3.8) is 0 Å². The van der Waals surface area contributed by atoms with Gasteiger partial charge >= 0.3 is 0 Å². The number of benzene rings is 2. The van der Waals surface area contributed by atoms with Crippen molar-refractivity contribution in [3.8, 4) is 46.7 Å². The van der Waals surface area contributed by atoms with Crippen molar-refractivity contribution < 1.29 is 18.9 Å². The molecule has 0 fully saturated rings. The van der Waals surface area contributed by atoms with Crippen molar-refractivity contribution >= 4 is 0 Å². The zero-order valence-electron chi connectivity index (χ0n) is 14.7. The number of hydrogen-bond donors (Lipinski definition) is 0. The van der Waals surface area contributed by atoms with Gasteiger partial charge in [-0.1, -0.05) is 17.9 Å². The molecule has 5 nitrogen and oxygen atoms in total. The molecule has 0 spiro atoms. The molecule has 5 heteroatoms. The fourth-order valence-corrected chi connectivity index (χ4v) is 2.79. The van der Waals surface area contributed by atoms with Crippen molar-refractivity contribution in [1.82, 2.24) is 4.98 Å². The van der Waals surface area contributed by atoms with Crippen molar-refractivity contribution in [2.24, 2.45) is 0 Å². The largest absolute Gasteiger partial charge is 0.454 e. The maximum Gasteiger partial charge on any atom is 0.231 e. The minimum absolute atomic E-state index is 0.248. The summed E-state index contributed by atoms with van der Waals surface area (Å²) < 4.78 is 21.4. The minimum Gasteiger partial charge on any atom is -0.454 e. The van der Waals surface area contributed by atoms with Gasteiger partial charge in [0.2, 0.25) is 13.6 Å². The molecule has 2 aliphatic heterocycles. The van der Waals surface area contributed by atoms with E-state index in [0.29, 0.717) is 22.9 Å². The summed E-state index contributed by atoms with van der Waals surface area (Å²) in [5.74, 6) is 15.2. The van der Waals surface area contributed by atoms with Gasteiger partial charge in [0.15, 0.2) is 23.0 Å². The highest BCUT2D eigenvalue weighted by Crippen LogP contribution is 2.33. The zero-order valence-corrected chi connectivity index (χ0v) is 14.7. The number of pyridine rings is 1. The molecule has 0 aliphatic carbocycles. The Balaban J connectivity index is 1.36. The highest BCUT2D eigenvalue weighted by molar-refractivity contribution is 5.52. The van der Waals surface area contributed by atoms with E-state index >= 15 is 0 Å². The third kappa shape index (κ3) is 3.30. The summed E-state index contributed by atoms with van der Waals surface area (Å²) >= 11 is 0. The van der Waals surface area contributed by atoms with Crippen LogP contribution in [0.4, 0.5) is 0 Å². The van der Waals surface area contributed by atoms with Crippen LogP contribution in [0.2, 0.25) is 0 Å². The Morgan fingerprint density at radius 2 is 1.07 bits per heavy atom. The first-order valence-corrected chi connectivity index (χ1v) is 8.64. The summed E-state index contributed by atoms with van der Waals surface area (Å²) in [5.41, 5.74) is 2.97. The van der Waals surface area contributed by atoms with Crippen molar-refractivity contribution in [1.29, 1.82) is 0 Å². The second-order valence-corrected chi connectivity index (χ2v) is 6.04. The monoisotopic (exact) mass is 367 g/mol. The van der Waals surface area contributed by atoms with E-state index in [2.05, 4.69) is 28.7 Å². The van der Waals surface area contributed by atoms with Crippen molar-refractivity contribution in [3.05, 3.63) is 77.1 Å². The summed E-state index contributed by atoms with van der Waals surface area (Å²) in [6.07, 6.45) is 0. The lowest BCUT2D eigenvalue weighted by Crippen LogP contribution is -1.92. The van der Waals surface area contributed by atoms with E-state index in [9.17, 15) is 0 Å². The van der Waals surface area contributed by atoms with E-state index in [1.54, 1.807) is 0 Å². The quantitative estimate of drug-likeness (QED) is 0.571. The van der Waals surface area contributed by atoms with Crippen LogP contribution in [-0.4, -0.2) is 18.6 Å². The fraction of sp³-hybridized carbons (Fsp3) is 0.0870. The number of fused-ring (bicyclic) bond motifs is 2. The molecule has 3 heterocycles. The van der Waals surface area contributed by atoms with Gasteiger partial charge in [0.05, 0.1) is 0 Å². The Labute approximate surface area is 161 Å². The van der Waals surface area contributed by atoms with Gasteiger partial charge in [-0.05, 0) is 60.4 Å². The normalized spacial score (nSPS) is 12.6. The highest BCUT2D eigenvalue weighted by atomic mass is 16.7. The van der Waals surface area contributed by atoms with E-state index in [1.165, 1.54) is 0 Å². The second kappa shape index (κ2) is 6.90. The van der Waals surface area contributed by atoms with Crippen LogP contribution in [0.3, 0.4) is 0 Å². The van der Waals surface area contributed by atoms with Crippen LogP contribution in [-0.2, 0) is 0 Å². The summed E-state index contributed by atoms with van der Waals surface area (Å²) in [5, 5.41) is 0. The van der Waals surface area contributed by atoms with Gasteiger partial charge in [0.25, 0.3) is 0 Å². The van der Waals surface area contributed by atoms with Crippen molar-refractivity contribution in [2.45, 2.75) is 0 Å². The summed E-state index contributed by atoms with van der Waals surface area (Å²) in [6.45, 7) is 0.496. The number of nitrogens with zero attached hydrogens (tertiary/aromatic N) is 1. The average molecular weight is 367 g/mol. The van der Waals surface area contributed by atoms with Gasteiger partial charge in [-0.25, -0.2) is 4.98 Å². The summed E-state index contributed by atoms with van der Waals surface area (Å²) in [7, 11) is 0. The molecule has 5 rings (SSSR count). The van der Waals surface area contributed by atoms with Crippen LogP contribution in [0.5, 0.6) is 23.0 Å². The van der Waals surface area contributed by atoms with Crippen LogP contribution in [0.15, 0.2) is 54.6 Å². The first-order chi connectivity index (χ1) is 13.8. The summed E-state index contributed by atoms with van der Waals surface area (Å²) in [4.78, 5) is 4.49. The predicted octanol–water partition coefficient (Wildman–Crippen LogP) is 3.34. The average Bonchev–Trinajstić information content (AvgIpc) is 3.39. The number of hydrogen-bond acceptors (Lipinski definition) is 5. The van der Waals surface area contributed by atoms with E-state index in [4.69, 9.17) is 18.9 Å². The molecule has 0 saturated heterocycles. The molecule has 134 valence electrons. The number of rotatable bonds is 0. The molecule has 28 heavy (non-hydrogen) atoms. The molecular formula is C23H13NO4. The Morgan fingerprint density at radius 1 is 0.571 bits per heavy atom. The van der Waals surface area contributed by atoms with Gasteiger partial charge < -0.3 is 18.9 Å². The SMILES string of the molecule is C(#Cc1cccc(C#Cc2ccc3c(c2)OCO3)n1)c1ccc2c(c1)OCO2. The summed E-state index contributed by atoms with van der Waals surface area (Å²) in [6, 6.07) is 16.8. The lowest BCUT2D eigenvalue weighted by Gasteiger charge is -1.96. The van der Waals surface area contributed by atoms with E-state index < -0.39 is 0 Å². The molecule has 0 saturated carbocycles. The highest BCUT2D eigenvalue weighted by Gasteiger charge is 2.13. The Morgan fingerprint density at radius 3 is 1.61 bits per heavy atom. The maximum absolute atomic E-state index is 5.37. The third-order valence-electron chi connectivity index (χ3n) is 4.16. The minimum atomic E-state index is 0.248. The zero-order chi connectivity index (χ0) is 18.8. The molecule has 0 bridgehead atoms. The van der Waals surface area contributed by atoms with Crippen LogP contribution >= 0.6 is 0 Å².